The number of hydrogen-bond acceptors (Lipinski definition) is 2. The van der Waals surface area contributed by atoms with Crippen LogP contribution in [0.2, 0.25) is 0 Å². The van der Waals surface area contributed by atoms with Crippen LogP contribution in [0.4, 0.5) is 0 Å². The fourth-order valence-electron chi connectivity index (χ4n) is 2.48. The van der Waals surface area contributed by atoms with E-state index in [-0.39, 0.29) is 0 Å². The zero-order valence-electron chi connectivity index (χ0n) is 8.08. The Morgan fingerprint density at radius 1 is 1.42 bits per heavy atom. The van der Waals surface area contributed by atoms with Crippen LogP contribution in [0.1, 0.15) is 13.3 Å². The Morgan fingerprint density at radius 3 is 2.75 bits per heavy atom. The number of fused-ring (bicyclic) bond motifs is 1. The highest BCUT2D eigenvalue weighted by atomic mass is 15.3. The fourth-order valence-corrected chi connectivity index (χ4v) is 2.48. The Morgan fingerprint density at radius 2 is 2.17 bits per heavy atom. The van der Waals surface area contributed by atoms with Gasteiger partial charge in [0, 0.05) is 24.8 Å². The first-order valence-corrected chi connectivity index (χ1v) is 4.79. The molecule has 0 N–H and O–H groups in total. The van der Waals surface area contributed by atoms with E-state index in [0.29, 0.717) is 0 Å². The smallest absolute Gasteiger partial charge is 0.0334 e. The highest BCUT2D eigenvalue weighted by molar-refractivity contribution is 5.02. The van der Waals surface area contributed by atoms with Gasteiger partial charge in [0.25, 0.3) is 0 Å². The van der Waals surface area contributed by atoms with Gasteiger partial charge in [-0.1, -0.05) is 6.58 Å². The predicted octanol–water partition coefficient (Wildman–Crippen LogP) is 1.16. The minimum Gasteiger partial charge on any atom is -0.374 e. The molecular weight excluding hydrogens is 148 g/mol. The van der Waals surface area contributed by atoms with Gasteiger partial charge >= 0.3 is 0 Å². The normalized spacial score (nSPS) is 35.7. The third kappa shape index (κ3) is 1.14. The van der Waals surface area contributed by atoms with Crippen molar-refractivity contribution in [1.29, 1.82) is 0 Å². The number of likely N-dealkylation sites (N-methyl/N-ethyl adjacent to an activating group) is 1. The Balaban J connectivity index is 2.03. The number of nitrogens with zero attached hydrogens (tertiary/aromatic N) is 2. The fraction of sp³-hybridized carbons (Fsp3) is 0.800. The third-order valence-electron chi connectivity index (χ3n) is 3.37. The summed E-state index contributed by atoms with van der Waals surface area (Å²) in [4.78, 5) is 4.92. The molecule has 12 heavy (non-hydrogen) atoms. The number of hydrogen-bond donors (Lipinski definition) is 0. The van der Waals surface area contributed by atoms with E-state index in [4.69, 9.17) is 0 Å². The van der Waals surface area contributed by atoms with Crippen molar-refractivity contribution >= 4 is 0 Å². The number of likely N-dealkylation sites (tertiary alicyclic amines) is 2. The van der Waals surface area contributed by atoms with Crippen molar-refractivity contribution in [3.63, 3.8) is 0 Å². The van der Waals surface area contributed by atoms with E-state index in [9.17, 15) is 0 Å². The van der Waals surface area contributed by atoms with Crippen LogP contribution >= 0.6 is 0 Å². The van der Waals surface area contributed by atoms with Crippen LogP contribution in [0.5, 0.6) is 0 Å². The highest BCUT2D eigenvalue weighted by Gasteiger charge is 2.39. The Kier molecular flexibility index (Phi) is 1.87. The van der Waals surface area contributed by atoms with E-state index in [1.165, 1.54) is 31.8 Å². The number of allylic oxidation sites excluding steroid dienone is 1. The second kappa shape index (κ2) is 2.77. The van der Waals surface area contributed by atoms with Crippen molar-refractivity contribution in [1.82, 2.24) is 9.80 Å². The molecule has 2 saturated heterocycles. The highest BCUT2D eigenvalue weighted by Crippen LogP contribution is 2.31. The van der Waals surface area contributed by atoms with Gasteiger partial charge in [0.15, 0.2) is 0 Å². The molecule has 0 radical (unpaired) electrons. The van der Waals surface area contributed by atoms with Crippen molar-refractivity contribution in [3.05, 3.63) is 12.3 Å². The monoisotopic (exact) mass is 166 g/mol. The summed E-state index contributed by atoms with van der Waals surface area (Å²) in [5.74, 6) is 0.909. The van der Waals surface area contributed by atoms with Crippen LogP contribution < -0.4 is 0 Å². The van der Waals surface area contributed by atoms with Gasteiger partial charge < -0.3 is 9.80 Å². The number of rotatable bonds is 1. The topological polar surface area (TPSA) is 6.48 Å². The van der Waals surface area contributed by atoms with Crippen LogP contribution in [-0.4, -0.2) is 42.5 Å². The molecule has 0 aromatic heterocycles. The summed E-state index contributed by atoms with van der Waals surface area (Å²) in [6, 6.07) is 0.807. The average molecular weight is 166 g/mol. The lowest BCUT2D eigenvalue weighted by molar-refractivity contribution is 0.285. The summed E-state index contributed by atoms with van der Waals surface area (Å²) in [6.45, 7) is 9.85. The molecule has 2 aliphatic heterocycles. The van der Waals surface area contributed by atoms with Gasteiger partial charge in [0.1, 0.15) is 0 Å². The average Bonchev–Trinajstić information content (AvgIpc) is 2.53. The van der Waals surface area contributed by atoms with Crippen LogP contribution in [0.25, 0.3) is 0 Å². The minimum atomic E-state index is 0.807. The summed E-state index contributed by atoms with van der Waals surface area (Å²) >= 11 is 0. The molecule has 0 amide bonds. The van der Waals surface area contributed by atoms with E-state index in [2.05, 4.69) is 30.4 Å². The van der Waals surface area contributed by atoms with Gasteiger partial charge in [-0.3, -0.25) is 0 Å². The van der Waals surface area contributed by atoms with Crippen molar-refractivity contribution in [2.45, 2.75) is 19.4 Å². The Bertz CT molecular complexity index is 200. The largest absolute Gasteiger partial charge is 0.374 e. The first-order valence-electron chi connectivity index (χ1n) is 4.79. The summed E-state index contributed by atoms with van der Waals surface area (Å²) in [5, 5.41) is 0. The molecule has 2 aliphatic rings. The maximum Gasteiger partial charge on any atom is 0.0334 e. The lowest BCUT2D eigenvalue weighted by Crippen LogP contribution is -2.31. The zero-order chi connectivity index (χ0) is 8.72. The molecule has 2 fully saturated rings. The van der Waals surface area contributed by atoms with Gasteiger partial charge in [-0.25, -0.2) is 0 Å². The quantitative estimate of drug-likeness (QED) is 0.576. The zero-order valence-corrected chi connectivity index (χ0v) is 8.08. The van der Waals surface area contributed by atoms with Crippen molar-refractivity contribution < 1.29 is 0 Å². The van der Waals surface area contributed by atoms with Crippen LogP contribution in [-0.2, 0) is 0 Å². The summed E-state index contributed by atoms with van der Waals surface area (Å²) < 4.78 is 0. The van der Waals surface area contributed by atoms with Gasteiger partial charge in [-0.05, 0) is 32.9 Å². The molecule has 0 aliphatic carbocycles. The van der Waals surface area contributed by atoms with E-state index in [0.717, 1.165) is 12.0 Å². The molecular formula is C10H18N2. The van der Waals surface area contributed by atoms with Crippen LogP contribution in [0, 0.1) is 5.92 Å². The van der Waals surface area contributed by atoms with Gasteiger partial charge in [-0.2, -0.15) is 0 Å². The second-order valence-electron chi connectivity index (χ2n) is 4.24. The SMILES string of the molecule is C=C(C)N1CC2CCN(C)C2C1. The molecule has 0 saturated carbocycles. The summed E-state index contributed by atoms with van der Waals surface area (Å²) in [7, 11) is 2.24. The molecule has 2 heterocycles. The molecule has 0 aromatic carbocycles. The van der Waals surface area contributed by atoms with Gasteiger partial charge in [0.2, 0.25) is 0 Å². The first kappa shape index (κ1) is 8.11. The minimum absolute atomic E-state index is 0.807. The summed E-state index contributed by atoms with van der Waals surface area (Å²) in [6.07, 6.45) is 1.38. The molecule has 2 atom stereocenters. The summed E-state index contributed by atoms with van der Waals surface area (Å²) in [5.41, 5.74) is 1.23. The van der Waals surface area contributed by atoms with Crippen molar-refractivity contribution in [2.75, 3.05) is 26.7 Å². The van der Waals surface area contributed by atoms with Gasteiger partial charge in [0.05, 0.1) is 0 Å². The van der Waals surface area contributed by atoms with Crippen molar-refractivity contribution in [2.24, 2.45) is 5.92 Å². The molecule has 2 rings (SSSR count). The molecule has 2 unspecified atom stereocenters. The maximum atomic E-state index is 4.00. The lowest BCUT2D eigenvalue weighted by Gasteiger charge is -2.21. The molecule has 0 aromatic rings. The van der Waals surface area contributed by atoms with E-state index >= 15 is 0 Å². The third-order valence-corrected chi connectivity index (χ3v) is 3.37. The molecule has 68 valence electrons. The molecule has 2 heteroatoms. The predicted molar refractivity (Wildman–Crippen MR) is 50.9 cm³/mol. The van der Waals surface area contributed by atoms with E-state index in [1.54, 1.807) is 0 Å². The van der Waals surface area contributed by atoms with Crippen LogP contribution in [0.3, 0.4) is 0 Å². The molecule has 0 spiro atoms. The maximum absolute atomic E-state index is 4.00. The van der Waals surface area contributed by atoms with Crippen LogP contribution in [0.15, 0.2) is 12.3 Å². The first-order chi connectivity index (χ1) is 5.68. The standard InChI is InChI=1S/C10H18N2/c1-8(2)12-6-9-4-5-11(3)10(9)7-12/h9-10H,1,4-7H2,2-3H3. The second-order valence-corrected chi connectivity index (χ2v) is 4.24. The Labute approximate surface area is 74.8 Å². The van der Waals surface area contributed by atoms with Crippen molar-refractivity contribution in [3.8, 4) is 0 Å². The van der Waals surface area contributed by atoms with E-state index in [1.807, 2.05) is 0 Å². The van der Waals surface area contributed by atoms with Gasteiger partial charge in [-0.15, -0.1) is 0 Å². The molecule has 2 nitrogen and oxygen atoms in total. The van der Waals surface area contributed by atoms with E-state index < -0.39 is 0 Å². The molecule has 0 bridgehead atoms. The Hall–Kier alpha value is -0.500. The lowest BCUT2D eigenvalue weighted by atomic mass is 10.1.